The Labute approximate surface area is 102 Å². The van der Waals surface area contributed by atoms with Gasteiger partial charge in [0, 0.05) is 32.2 Å². The molecular formula is C12H19N3O2. The Morgan fingerprint density at radius 3 is 2.82 bits per heavy atom. The third-order valence-corrected chi connectivity index (χ3v) is 2.29. The second-order valence-corrected chi connectivity index (χ2v) is 4.44. The van der Waals surface area contributed by atoms with Crippen molar-refractivity contribution in [3.63, 3.8) is 0 Å². The van der Waals surface area contributed by atoms with E-state index in [-0.39, 0.29) is 5.91 Å². The molecule has 5 nitrogen and oxygen atoms in total. The lowest BCUT2D eigenvalue weighted by Crippen LogP contribution is -2.46. The van der Waals surface area contributed by atoms with Crippen LogP contribution in [-0.4, -0.2) is 37.2 Å². The lowest BCUT2D eigenvalue weighted by atomic mass is 10.1. The Bertz CT molecular complexity index is 391. The number of nitrogens with zero attached hydrogens (tertiary/aromatic N) is 1. The van der Waals surface area contributed by atoms with Crippen LogP contribution in [0.25, 0.3) is 0 Å². The molecule has 5 heteroatoms. The predicted molar refractivity (Wildman–Crippen MR) is 67.2 cm³/mol. The van der Waals surface area contributed by atoms with Gasteiger partial charge in [0.05, 0.1) is 17.7 Å². The van der Waals surface area contributed by atoms with Crippen molar-refractivity contribution in [1.29, 1.82) is 0 Å². The fraction of sp³-hybridized carbons (Fsp3) is 0.500. The summed E-state index contributed by atoms with van der Waals surface area (Å²) in [5.41, 5.74) is 0.872. The van der Waals surface area contributed by atoms with E-state index in [1.54, 1.807) is 32.6 Å². The van der Waals surface area contributed by atoms with Crippen molar-refractivity contribution in [3.05, 3.63) is 24.0 Å². The third kappa shape index (κ3) is 3.71. The highest BCUT2D eigenvalue weighted by Gasteiger charge is 2.22. The van der Waals surface area contributed by atoms with Gasteiger partial charge in [-0.3, -0.25) is 9.78 Å². The van der Waals surface area contributed by atoms with E-state index in [4.69, 9.17) is 4.74 Å². The first-order chi connectivity index (χ1) is 8.00. The van der Waals surface area contributed by atoms with Crippen LogP contribution < -0.4 is 10.6 Å². The minimum atomic E-state index is -0.410. The number of methoxy groups -OCH3 is 1. The average molecular weight is 237 g/mol. The first-order valence-electron chi connectivity index (χ1n) is 5.43. The number of ether oxygens (including phenoxy) is 1. The maximum Gasteiger partial charge on any atom is 0.255 e. The van der Waals surface area contributed by atoms with Crippen molar-refractivity contribution < 1.29 is 9.53 Å². The molecule has 0 atom stereocenters. The molecule has 0 bridgehead atoms. The molecule has 0 aliphatic carbocycles. The standard InChI is InChI=1S/C12H19N3O2/c1-12(2,8-17-4)15-11(16)9-7-14-6-5-10(9)13-3/h5-7H,8H2,1-4H3,(H,13,14)(H,15,16). The molecule has 1 heterocycles. The fourth-order valence-electron chi connectivity index (χ4n) is 1.57. The van der Waals surface area contributed by atoms with Crippen molar-refractivity contribution in [1.82, 2.24) is 10.3 Å². The number of hydrogen-bond donors (Lipinski definition) is 2. The second-order valence-electron chi connectivity index (χ2n) is 4.44. The molecule has 0 aliphatic heterocycles. The number of carbonyl (C=O) groups excluding carboxylic acids is 1. The molecule has 1 aromatic heterocycles. The SMILES string of the molecule is CNc1ccncc1C(=O)NC(C)(C)COC. The number of hydrogen-bond acceptors (Lipinski definition) is 4. The maximum absolute atomic E-state index is 12.1. The summed E-state index contributed by atoms with van der Waals surface area (Å²) < 4.78 is 5.05. The topological polar surface area (TPSA) is 63.2 Å². The van der Waals surface area contributed by atoms with E-state index >= 15 is 0 Å². The normalized spacial score (nSPS) is 11.1. The minimum absolute atomic E-state index is 0.162. The van der Waals surface area contributed by atoms with Gasteiger partial charge < -0.3 is 15.4 Å². The summed E-state index contributed by atoms with van der Waals surface area (Å²) in [6.07, 6.45) is 3.19. The van der Waals surface area contributed by atoms with Crippen molar-refractivity contribution in [3.8, 4) is 0 Å². The van der Waals surface area contributed by atoms with Gasteiger partial charge in [-0.05, 0) is 19.9 Å². The number of aromatic nitrogens is 1. The Kier molecular flexibility index (Phi) is 4.45. The molecule has 0 saturated heterocycles. The largest absolute Gasteiger partial charge is 0.387 e. The number of nitrogens with one attached hydrogen (secondary N) is 2. The molecule has 0 spiro atoms. The summed E-state index contributed by atoms with van der Waals surface area (Å²) >= 11 is 0. The Morgan fingerprint density at radius 2 is 2.24 bits per heavy atom. The molecule has 0 aliphatic rings. The average Bonchev–Trinajstić information content (AvgIpc) is 2.28. The molecule has 0 saturated carbocycles. The van der Waals surface area contributed by atoms with Crippen molar-refractivity contribution >= 4 is 11.6 Å². The first kappa shape index (κ1) is 13.4. The van der Waals surface area contributed by atoms with Crippen LogP contribution in [0.15, 0.2) is 18.5 Å². The molecule has 2 N–H and O–H groups in total. The number of anilines is 1. The summed E-state index contributed by atoms with van der Waals surface area (Å²) in [5, 5.41) is 5.87. The molecule has 94 valence electrons. The van der Waals surface area contributed by atoms with E-state index in [9.17, 15) is 4.79 Å². The molecule has 0 aromatic carbocycles. The monoisotopic (exact) mass is 237 g/mol. The van der Waals surface area contributed by atoms with E-state index in [0.29, 0.717) is 12.2 Å². The highest BCUT2D eigenvalue weighted by atomic mass is 16.5. The first-order valence-corrected chi connectivity index (χ1v) is 5.43. The maximum atomic E-state index is 12.1. The lowest BCUT2D eigenvalue weighted by Gasteiger charge is -2.25. The molecule has 0 radical (unpaired) electrons. The zero-order valence-electron chi connectivity index (χ0n) is 10.7. The zero-order chi connectivity index (χ0) is 12.9. The molecule has 0 fully saturated rings. The molecular weight excluding hydrogens is 218 g/mol. The molecule has 17 heavy (non-hydrogen) atoms. The Hall–Kier alpha value is -1.62. The smallest absolute Gasteiger partial charge is 0.255 e. The Balaban J connectivity index is 2.83. The second kappa shape index (κ2) is 5.63. The summed E-state index contributed by atoms with van der Waals surface area (Å²) in [5.74, 6) is -0.162. The van der Waals surface area contributed by atoms with Crippen LogP contribution in [0.2, 0.25) is 0 Å². The van der Waals surface area contributed by atoms with Gasteiger partial charge in [-0.2, -0.15) is 0 Å². The van der Waals surface area contributed by atoms with Crippen LogP contribution in [-0.2, 0) is 4.74 Å². The summed E-state index contributed by atoms with van der Waals surface area (Å²) in [6, 6.07) is 1.76. The van der Waals surface area contributed by atoms with Crippen LogP contribution in [0.5, 0.6) is 0 Å². The van der Waals surface area contributed by atoms with Gasteiger partial charge in [0.15, 0.2) is 0 Å². The van der Waals surface area contributed by atoms with Gasteiger partial charge in [0.2, 0.25) is 0 Å². The van der Waals surface area contributed by atoms with Crippen LogP contribution in [0.1, 0.15) is 24.2 Å². The number of pyridine rings is 1. The van der Waals surface area contributed by atoms with Crippen molar-refractivity contribution in [2.75, 3.05) is 26.1 Å². The van der Waals surface area contributed by atoms with Crippen molar-refractivity contribution in [2.24, 2.45) is 0 Å². The van der Waals surface area contributed by atoms with Crippen LogP contribution in [0, 0.1) is 0 Å². The molecule has 1 aromatic rings. The number of carbonyl (C=O) groups is 1. The van der Waals surface area contributed by atoms with Gasteiger partial charge in [-0.25, -0.2) is 0 Å². The molecule has 0 unspecified atom stereocenters. The van der Waals surface area contributed by atoms with E-state index in [1.165, 1.54) is 0 Å². The zero-order valence-corrected chi connectivity index (χ0v) is 10.7. The fourth-order valence-corrected chi connectivity index (χ4v) is 1.57. The van der Waals surface area contributed by atoms with Crippen molar-refractivity contribution in [2.45, 2.75) is 19.4 Å². The third-order valence-electron chi connectivity index (χ3n) is 2.29. The quantitative estimate of drug-likeness (QED) is 0.809. The summed E-state index contributed by atoms with van der Waals surface area (Å²) in [7, 11) is 3.38. The Morgan fingerprint density at radius 1 is 1.53 bits per heavy atom. The van der Waals surface area contributed by atoms with Gasteiger partial charge >= 0.3 is 0 Å². The van der Waals surface area contributed by atoms with Crippen LogP contribution in [0.4, 0.5) is 5.69 Å². The summed E-state index contributed by atoms with van der Waals surface area (Å²) in [6.45, 7) is 4.27. The van der Waals surface area contributed by atoms with Crippen LogP contribution in [0.3, 0.4) is 0 Å². The minimum Gasteiger partial charge on any atom is -0.387 e. The highest BCUT2D eigenvalue weighted by molar-refractivity contribution is 5.99. The van der Waals surface area contributed by atoms with Gasteiger partial charge in [-0.15, -0.1) is 0 Å². The number of amides is 1. The lowest BCUT2D eigenvalue weighted by molar-refractivity contribution is 0.0820. The molecule has 1 amide bonds. The highest BCUT2D eigenvalue weighted by Crippen LogP contribution is 2.14. The molecule has 1 rings (SSSR count). The summed E-state index contributed by atoms with van der Waals surface area (Å²) in [4.78, 5) is 16.0. The van der Waals surface area contributed by atoms with E-state index in [0.717, 1.165) is 5.69 Å². The number of rotatable bonds is 5. The van der Waals surface area contributed by atoms with Crippen LogP contribution >= 0.6 is 0 Å². The van der Waals surface area contributed by atoms with Gasteiger partial charge in [0.1, 0.15) is 0 Å². The van der Waals surface area contributed by atoms with E-state index in [2.05, 4.69) is 15.6 Å². The van der Waals surface area contributed by atoms with Gasteiger partial charge in [-0.1, -0.05) is 0 Å². The van der Waals surface area contributed by atoms with E-state index < -0.39 is 5.54 Å². The predicted octanol–water partition coefficient (Wildman–Crippen LogP) is 1.28. The van der Waals surface area contributed by atoms with Gasteiger partial charge in [0.25, 0.3) is 5.91 Å². The van der Waals surface area contributed by atoms with E-state index in [1.807, 2.05) is 13.8 Å².